The number of carbonyl (C=O) groups is 1. The zero-order chi connectivity index (χ0) is 18.4. The third-order valence-electron chi connectivity index (χ3n) is 4.16. The first-order chi connectivity index (χ1) is 12.7. The molecular weight excluding hydrogens is 328 g/mol. The number of benzene rings is 1. The molecule has 0 unspecified atom stereocenters. The van der Waals surface area contributed by atoms with E-state index in [2.05, 4.69) is 34.7 Å². The molecule has 0 bridgehead atoms. The molecule has 0 aliphatic carbocycles. The molecule has 2 heterocycles. The number of furan rings is 1. The van der Waals surface area contributed by atoms with Crippen LogP contribution in [0.5, 0.6) is 0 Å². The van der Waals surface area contributed by atoms with Gasteiger partial charge in [0, 0.05) is 5.69 Å². The van der Waals surface area contributed by atoms with Crippen molar-refractivity contribution in [2.75, 3.05) is 10.6 Å². The summed E-state index contributed by atoms with van der Waals surface area (Å²) in [6.45, 7) is 4.66. The number of nitrogens with zero attached hydrogens (tertiary/aromatic N) is 2. The SMILES string of the molecule is CCc1cccc(CC)c1NC(=O)c1ccc(NCc2ccco2)nn1. The van der Waals surface area contributed by atoms with Crippen LogP contribution in [-0.4, -0.2) is 16.1 Å². The van der Waals surface area contributed by atoms with Crippen molar-refractivity contribution < 1.29 is 9.21 Å². The van der Waals surface area contributed by atoms with Gasteiger partial charge >= 0.3 is 0 Å². The van der Waals surface area contributed by atoms with Gasteiger partial charge < -0.3 is 15.1 Å². The molecule has 2 aromatic heterocycles. The van der Waals surface area contributed by atoms with E-state index in [1.807, 2.05) is 30.3 Å². The zero-order valence-electron chi connectivity index (χ0n) is 15.0. The summed E-state index contributed by atoms with van der Waals surface area (Å²) >= 11 is 0. The van der Waals surface area contributed by atoms with Gasteiger partial charge in [-0.05, 0) is 48.2 Å². The van der Waals surface area contributed by atoms with Gasteiger partial charge in [-0.25, -0.2) is 0 Å². The second kappa shape index (κ2) is 8.29. The van der Waals surface area contributed by atoms with E-state index in [9.17, 15) is 4.79 Å². The zero-order valence-corrected chi connectivity index (χ0v) is 15.0. The minimum atomic E-state index is -0.259. The van der Waals surface area contributed by atoms with Crippen molar-refractivity contribution in [2.24, 2.45) is 0 Å². The van der Waals surface area contributed by atoms with E-state index in [1.54, 1.807) is 18.4 Å². The van der Waals surface area contributed by atoms with Gasteiger partial charge in [-0.15, -0.1) is 10.2 Å². The molecule has 1 amide bonds. The molecule has 0 aliphatic heterocycles. The average molecular weight is 350 g/mol. The van der Waals surface area contributed by atoms with Crippen molar-refractivity contribution in [3.63, 3.8) is 0 Å². The third-order valence-corrected chi connectivity index (χ3v) is 4.16. The molecule has 134 valence electrons. The fourth-order valence-corrected chi connectivity index (χ4v) is 2.72. The molecule has 0 atom stereocenters. The van der Waals surface area contributed by atoms with Crippen LogP contribution in [-0.2, 0) is 19.4 Å². The van der Waals surface area contributed by atoms with E-state index in [4.69, 9.17) is 4.42 Å². The van der Waals surface area contributed by atoms with Crippen LogP contribution in [0.15, 0.2) is 53.1 Å². The molecule has 3 aromatic rings. The molecule has 3 rings (SSSR count). The normalized spacial score (nSPS) is 10.5. The standard InChI is InChI=1S/C20H22N4O2/c1-3-14-7-5-8-15(4-2)19(14)22-20(25)17-10-11-18(24-23-17)21-13-16-9-6-12-26-16/h5-12H,3-4,13H2,1-2H3,(H,21,24)(H,22,25). The van der Waals surface area contributed by atoms with Gasteiger partial charge in [0.15, 0.2) is 5.69 Å². The summed E-state index contributed by atoms with van der Waals surface area (Å²) in [6.07, 6.45) is 3.32. The fraction of sp³-hybridized carbons (Fsp3) is 0.250. The van der Waals surface area contributed by atoms with Crippen molar-refractivity contribution in [3.8, 4) is 0 Å². The number of nitrogens with one attached hydrogen (secondary N) is 2. The van der Waals surface area contributed by atoms with Crippen LogP contribution in [0.3, 0.4) is 0 Å². The Morgan fingerprint density at radius 2 is 1.77 bits per heavy atom. The molecule has 6 heteroatoms. The summed E-state index contributed by atoms with van der Waals surface area (Å²) in [5.74, 6) is 1.13. The minimum Gasteiger partial charge on any atom is -0.467 e. The Morgan fingerprint density at radius 1 is 1.00 bits per heavy atom. The van der Waals surface area contributed by atoms with Gasteiger partial charge in [0.2, 0.25) is 0 Å². The summed E-state index contributed by atoms with van der Waals surface area (Å²) in [4.78, 5) is 12.6. The smallest absolute Gasteiger partial charge is 0.276 e. The van der Waals surface area contributed by atoms with Crippen molar-refractivity contribution >= 4 is 17.4 Å². The van der Waals surface area contributed by atoms with Gasteiger partial charge in [-0.1, -0.05) is 32.0 Å². The third kappa shape index (κ3) is 4.08. The Hall–Kier alpha value is -3.15. The van der Waals surface area contributed by atoms with Crippen molar-refractivity contribution in [2.45, 2.75) is 33.2 Å². The molecule has 0 spiro atoms. The van der Waals surface area contributed by atoms with Gasteiger partial charge in [0.1, 0.15) is 11.6 Å². The maximum absolute atomic E-state index is 12.6. The van der Waals surface area contributed by atoms with Crippen LogP contribution in [0.4, 0.5) is 11.5 Å². The van der Waals surface area contributed by atoms with Crippen LogP contribution in [0.2, 0.25) is 0 Å². The molecule has 0 radical (unpaired) electrons. The number of aromatic nitrogens is 2. The molecule has 1 aromatic carbocycles. The molecule has 2 N–H and O–H groups in total. The summed E-state index contributed by atoms with van der Waals surface area (Å²) in [6, 6.07) is 13.2. The van der Waals surface area contributed by atoms with E-state index in [0.717, 1.165) is 35.4 Å². The van der Waals surface area contributed by atoms with Gasteiger partial charge in [-0.2, -0.15) is 0 Å². The Balaban J connectivity index is 1.69. The van der Waals surface area contributed by atoms with Crippen LogP contribution >= 0.6 is 0 Å². The number of anilines is 2. The fourth-order valence-electron chi connectivity index (χ4n) is 2.72. The van der Waals surface area contributed by atoms with Gasteiger partial charge in [-0.3, -0.25) is 4.79 Å². The first-order valence-corrected chi connectivity index (χ1v) is 8.73. The molecule has 6 nitrogen and oxygen atoms in total. The van der Waals surface area contributed by atoms with Crippen LogP contribution < -0.4 is 10.6 Å². The largest absolute Gasteiger partial charge is 0.467 e. The summed E-state index contributed by atoms with van der Waals surface area (Å²) < 4.78 is 5.25. The Labute approximate surface area is 152 Å². The highest BCUT2D eigenvalue weighted by molar-refractivity contribution is 6.03. The molecular formula is C20H22N4O2. The lowest BCUT2D eigenvalue weighted by molar-refractivity contribution is 0.102. The maximum atomic E-state index is 12.6. The summed E-state index contributed by atoms with van der Waals surface area (Å²) in [5.41, 5.74) is 3.38. The summed E-state index contributed by atoms with van der Waals surface area (Å²) in [5, 5.41) is 14.2. The second-order valence-corrected chi connectivity index (χ2v) is 5.85. The molecule has 0 saturated carbocycles. The lowest BCUT2D eigenvalue weighted by Gasteiger charge is -2.14. The quantitative estimate of drug-likeness (QED) is 0.672. The van der Waals surface area contributed by atoms with Crippen molar-refractivity contribution in [1.29, 1.82) is 0 Å². The second-order valence-electron chi connectivity index (χ2n) is 5.85. The lowest BCUT2D eigenvalue weighted by Crippen LogP contribution is -2.17. The monoisotopic (exact) mass is 350 g/mol. The first kappa shape index (κ1) is 17.7. The Morgan fingerprint density at radius 3 is 2.35 bits per heavy atom. The highest BCUT2D eigenvalue weighted by Crippen LogP contribution is 2.23. The number of hydrogen-bond donors (Lipinski definition) is 2. The van der Waals surface area contributed by atoms with E-state index < -0.39 is 0 Å². The molecule has 0 aliphatic rings. The predicted molar refractivity (Wildman–Crippen MR) is 101 cm³/mol. The van der Waals surface area contributed by atoms with Gasteiger partial charge in [0.25, 0.3) is 5.91 Å². The number of hydrogen-bond acceptors (Lipinski definition) is 5. The number of carbonyl (C=O) groups excluding carboxylic acids is 1. The minimum absolute atomic E-state index is 0.259. The summed E-state index contributed by atoms with van der Waals surface area (Å²) in [7, 11) is 0. The van der Waals surface area contributed by atoms with Crippen molar-refractivity contribution in [3.05, 3.63) is 71.3 Å². The number of rotatable bonds is 7. The molecule has 26 heavy (non-hydrogen) atoms. The van der Waals surface area contributed by atoms with Crippen LogP contribution in [0.1, 0.15) is 41.2 Å². The van der Waals surface area contributed by atoms with E-state index >= 15 is 0 Å². The van der Waals surface area contributed by atoms with E-state index in [1.165, 1.54) is 0 Å². The molecule has 0 saturated heterocycles. The average Bonchev–Trinajstić information content (AvgIpc) is 3.20. The number of para-hydroxylation sites is 1. The number of amides is 1. The van der Waals surface area contributed by atoms with Crippen LogP contribution in [0, 0.1) is 0 Å². The van der Waals surface area contributed by atoms with E-state index in [-0.39, 0.29) is 11.6 Å². The Bertz CT molecular complexity index is 836. The van der Waals surface area contributed by atoms with Gasteiger partial charge in [0.05, 0.1) is 12.8 Å². The topological polar surface area (TPSA) is 80.0 Å². The predicted octanol–water partition coefficient (Wildman–Crippen LogP) is 4.06. The van der Waals surface area contributed by atoms with Crippen LogP contribution in [0.25, 0.3) is 0 Å². The lowest BCUT2D eigenvalue weighted by atomic mass is 10.0. The maximum Gasteiger partial charge on any atom is 0.276 e. The van der Waals surface area contributed by atoms with Crippen molar-refractivity contribution in [1.82, 2.24) is 10.2 Å². The highest BCUT2D eigenvalue weighted by Gasteiger charge is 2.13. The first-order valence-electron chi connectivity index (χ1n) is 8.73. The van der Waals surface area contributed by atoms with E-state index in [0.29, 0.717) is 12.4 Å². The highest BCUT2D eigenvalue weighted by atomic mass is 16.3. The Kier molecular flexibility index (Phi) is 5.63. The number of aryl methyl sites for hydroxylation is 2. The molecule has 0 fully saturated rings.